The fourth-order valence-corrected chi connectivity index (χ4v) is 3.41. The Morgan fingerprint density at radius 2 is 1.88 bits per heavy atom. The minimum absolute atomic E-state index is 0.0795. The van der Waals surface area contributed by atoms with Crippen molar-refractivity contribution in [2.45, 2.75) is 6.42 Å². The van der Waals surface area contributed by atoms with Gasteiger partial charge in [0.05, 0.1) is 26.3 Å². The fraction of sp³-hybridized carbons (Fsp3) is 0.200. The molecule has 9 heteroatoms. The number of methoxy groups -OCH3 is 2. The van der Waals surface area contributed by atoms with Gasteiger partial charge in [-0.25, -0.2) is 4.79 Å². The number of anilines is 1. The standard InChI is InChI=1S/C25H24N4O5/c1-32-22-10-7-18(14-23(22)33-2)21-16-34-25(31)29(28-21)13-11-17-5-8-20(9-6-17)27-24(30)19-4-3-12-26-15-19/h3-10,12,14-15H,11,13,16H2,1-2H3,(H,27,30). The molecule has 1 N–H and O–H groups in total. The molecule has 2 heterocycles. The van der Waals surface area contributed by atoms with E-state index in [0.29, 0.717) is 41.4 Å². The zero-order chi connectivity index (χ0) is 23.9. The average Bonchev–Trinajstić information content (AvgIpc) is 2.89. The Morgan fingerprint density at radius 3 is 2.59 bits per heavy atom. The van der Waals surface area contributed by atoms with Crippen LogP contribution in [0.25, 0.3) is 0 Å². The normalized spacial score (nSPS) is 13.1. The molecule has 1 aliphatic heterocycles. The number of benzene rings is 2. The highest BCUT2D eigenvalue weighted by molar-refractivity contribution is 6.04. The molecule has 174 valence electrons. The van der Waals surface area contributed by atoms with E-state index < -0.39 is 6.09 Å². The van der Waals surface area contributed by atoms with Crippen LogP contribution in [0.5, 0.6) is 11.5 Å². The van der Waals surface area contributed by atoms with Gasteiger partial charge in [0.25, 0.3) is 5.91 Å². The van der Waals surface area contributed by atoms with Crippen molar-refractivity contribution in [2.75, 3.05) is 32.7 Å². The van der Waals surface area contributed by atoms with E-state index in [1.807, 2.05) is 30.3 Å². The predicted octanol–water partition coefficient (Wildman–Crippen LogP) is 3.75. The lowest BCUT2D eigenvalue weighted by atomic mass is 10.1. The Morgan fingerprint density at radius 1 is 1.09 bits per heavy atom. The monoisotopic (exact) mass is 460 g/mol. The summed E-state index contributed by atoms with van der Waals surface area (Å²) < 4.78 is 15.9. The summed E-state index contributed by atoms with van der Waals surface area (Å²) in [6, 6.07) is 16.3. The molecule has 0 aliphatic carbocycles. The Hall–Kier alpha value is -4.40. The third kappa shape index (κ3) is 5.32. The molecule has 0 saturated heterocycles. The van der Waals surface area contributed by atoms with E-state index in [1.54, 1.807) is 44.7 Å². The number of cyclic esters (lactones) is 1. The van der Waals surface area contributed by atoms with Crippen molar-refractivity contribution in [1.29, 1.82) is 0 Å². The van der Waals surface area contributed by atoms with Crippen molar-refractivity contribution < 1.29 is 23.8 Å². The number of hydrogen-bond donors (Lipinski definition) is 1. The molecule has 34 heavy (non-hydrogen) atoms. The summed E-state index contributed by atoms with van der Waals surface area (Å²) in [6.07, 6.45) is 3.20. The number of aromatic nitrogens is 1. The number of rotatable bonds is 8. The van der Waals surface area contributed by atoms with Crippen LogP contribution in [-0.4, -0.2) is 55.1 Å². The lowest BCUT2D eigenvalue weighted by Crippen LogP contribution is -2.36. The summed E-state index contributed by atoms with van der Waals surface area (Å²) in [5, 5.41) is 8.63. The van der Waals surface area contributed by atoms with Crippen molar-refractivity contribution >= 4 is 23.4 Å². The highest BCUT2D eigenvalue weighted by atomic mass is 16.6. The average molecular weight is 460 g/mol. The van der Waals surface area contributed by atoms with E-state index in [4.69, 9.17) is 14.2 Å². The molecule has 4 rings (SSSR count). The van der Waals surface area contributed by atoms with Crippen LogP contribution in [0.4, 0.5) is 10.5 Å². The van der Waals surface area contributed by atoms with Crippen LogP contribution in [0, 0.1) is 0 Å². The first-order valence-corrected chi connectivity index (χ1v) is 10.6. The van der Waals surface area contributed by atoms with Crippen LogP contribution in [0.3, 0.4) is 0 Å². The quantitative estimate of drug-likeness (QED) is 0.549. The van der Waals surface area contributed by atoms with E-state index in [1.165, 1.54) is 11.2 Å². The van der Waals surface area contributed by atoms with Crippen LogP contribution in [0.15, 0.2) is 72.1 Å². The Balaban J connectivity index is 1.39. The lowest BCUT2D eigenvalue weighted by Gasteiger charge is -2.24. The molecule has 1 aromatic heterocycles. The van der Waals surface area contributed by atoms with Crippen LogP contribution < -0.4 is 14.8 Å². The molecule has 2 amide bonds. The second-order valence-corrected chi connectivity index (χ2v) is 7.44. The first-order chi connectivity index (χ1) is 16.6. The second kappa shape index (κ2) is 10.5. The fourth-order valence-electron chi connectivity index (χ4n) is 3.41. The van der Waals surface area contributed by atoms with Gasteiger partial charge in [0.15, 0.2) is 11.5 Å². The second-order valence-electron chi connectivity index (χ2n) is 7.44. The molecule has 2 aromatic carbocycles. The number of nitrogens with one attached hydrogen (secondary N) is 1. The van der Waals surface area contributed by atoms with Crippen LogP contribution in [0.2, 0.25) is 0 Å². The predicted molar refractivity (Wildman–Crippen MR) is 126 cm³/mol. The molecular weight excluding hydrogens is 436 g/mol. The number of amides is 2. The first-order valence-electron chi connectivity index (χ1n) is 10.6. The van der Waals surface area contributed by atoms with Crippen molar-refractivity contribution in [3.8, 4) is 11.5 Å². The summed E-state index contributed by atoms with van der Waals surface area (Å²) >= 11 is 0. The molecule has 3 aromatic rings. The molecule has 0 unspecified atom stereocenters. The largest absolute Gasteiger partial charge is 0.493 e. The molecule has 0 atom stereocenters. The first kappa shape index (κ1) is 22.8. The van der Waals surface area contributed by atoms with Gasteiger partial charge in [0.2, 0.25) is 0 Å². The third-order valence-corrected chi connectivity index (χ3v) is 5.25. The van der Waals surface area contributed by atoms with Crippen molar-refractivity contribution in [2.24, 2.45) is 5.10 Å². The minimum Gasteiger partial charge on any atom is -0.493 e. The van der Waals surface area contributed by atoms with Crippen molar-refractivity contribution in [3.05, 3.63) is 83.7 Å². The van der Waals surface area contributed by atoms with Crippen LogP contribution >= 0.6 is 0 Å². The molecule has 0 saturated carbocycles. The van der Waals surface area contributed by atoms with Crippen LogP contribution in [-0.2, 0) is 11.2 Å². The topological polar surface area (TPSA) is 102 Å². The molecular formula is C25H24N4O5. The Labute approximate surface area is 197 Å². The van der Waals surface area contributed by atoms with E-state index in [9.17, 15) is 9.59 Å². The SMILES string of the molecule is COc1ccc(C2=NN(CCc3ccc(NC(=O)c4cccnc4)cc3)C(=O)OC2)cc1OC. The molecule has 9 nitrogen and oxygen atoms in total. The van der Waals surface area contributed by atoms with E-state index in [-0.39, 0.29) is 12.5 Å². The molecule has 0 spiro atoms. The van der Waals surface area contributed by atoms with Gasteiger partial charge in [-0.3, -0.25) is 9.78 Å². The van der Waals surface area contributed by atoms with Gasteiger partial charge >= 0.3 is 6.09 Å². The molecule has 0 fully saturated rings. The van der Waals surface area contributed by atoms with E-state index >= 15 is 0 Å². The van der Waals surface area contributed by atoms with Gasteiger partial charge in [0.1, 0.15) is 12.3 Å². The number of ether oxygens (including phenoxy) is 3. The molecule has 0 bridgehead atoms. The highest BCUT2D eigenvalue weighted by Gasteiger charge is 2.23. The maximum absolute atomic E-state index is 12.3. The number of carbonyl (C=O) groups is 2. The van der Waals surface area contributed by atoms with Crippen molar-refractivity contribution in [3.63, 3.8) is 0 Å². The summed E-state index contributed by atoms with van der Waals surface area (Å²) in [5.74, 6) is 0.951. The van der Waals surface area contributed by atoms with Gasteiger partial charge in [-0.15, -0.1) is 0 Å². The number of pyridine rings is 1. The zero-order valence-electron chi connectivity index (χ0n) is 18.9. The zero-order valence-corrected chi connectivity index (χ0v) is 18.9. The van der Waals surface area contributed by atoms with Gasteiger partial charge in [-0.2, -0.15) is 10.1 Å². The molecule has 1 aliphatic rings. The summed E-state index contributed by atoms with van der Waals surface area (Å²) in [7, 11) is 3.13. The maximum atomic E-state index is 12.3. The Kier molecular flexibility index (Phi) is 7.02. The number of hydrogen-bond acceptors (Lipinski definition) is 7. The number of nitrogens with zero attached hydrogens (tertiary/aromatic N) is 3. The van der Waals surface area contributed by atoms with Gasteiger partial charge in [-0.1, -0.05) is 12.1 Å². The smallest absolute Gasteiger partial charge is 0.430 e. The lowest BCUT2D eigenvalue weighted by molar-refractivity contribution is 0.102. The summed E-state index contributed by atoms with van der Waals surface area (Å²) in [5.41, 5.74) is 3.54. The summed E-state index contributed by atoms with van der Waals surface area (Å²) in [6.45, 7) is 0.424. The Bertz CT molecular complexity index is 1200. The minimum atomic E-state index is -0.496. The summed E-state index contributed by atoms with van der Waals surface area (Å²) in [4.78, 5) is 28.4. The van der Waals surface area contributed by atoms with E-state index in [2.05, 4.69) is 15.4 Å². The van der Waals surface area contributed by atoms with Crippen molar-refractivity contribution in [1.82, 2.24) is 9.99 Å². The number of carbonyl (C=O) groups excluding carboxylic acids is 2. The maximum Gasteiger partial charge on any atom is 0.430 e. The van der Waals surface area contributed by atoms with Gasteiger partial charge < -0.3 is 19.5 Å². The molecule has 0 radical (unpaired) electrons. The van der Waals surface area contributed by atoms with E-state index in [0.717, 1.165) is 11.1 Å². The highest BCUT2D eigenvalue weighted by Crippen LogP contribution is 2.28. The number of hydrazone groups is 1. The van der Waals surface area contributed by atoms with Gasteiger partial charge in [-0.05, 0) is 54.4 Å². The van der Waals surface area contributed by atoms with Crippen LogP contribution in [0.1, 0.15) is 21.5 Å². The third-order valence-electron chi connectivity index (χ3n) is 5.25. The van der Waals surface area contributed by atoms with Gasteiger partial charge in [0, 0.05) is 23.6 Å².